The summed E-state index contributed by atoms with van der Waals surface area (Å²) >= 11 is 18.7. The van der Waals surface area contributed by atoms with Gasteiger partial charge in [0.2, 0.25) is 5.91 Å². The highest BCUT2D eigenvalue weighted by atomic mass is 35.5. The molecule has 0 radical (unpaired) electrons. The Labute approximate surface area is 240 Å². The topological polar surface area (TPSA) is 58.6 Å². The molecule has 0 spiro atoms. The van der Waals surface area contributed by atoms with Crippen LogP contribution in [0.2, 0.25) is 15.1 Å². The van der Waals surface area contributed by atoms with Crippen molar-refractivity contribution in [2.45, 2.75) is 59.2 Å². The lowest BCUT2D eigenvalue weighted by molar-refractivity contribution is -0.143. The van der Waals surface area contributed by atoms with Crippen LogP contribution in [0.1, 0.15) is 43.0 Å². The number of carbonyl (C=O) groups excluding carboxylic acids is 2. The minimum absolute atomic E-state index is 0.146. The van der Waals surface area contributed by atoms with Gasteiger partial charge in [0.05, 0.1) is 10.0 Å². The second kappa shape index (κ2) is 12.9. The number of rotatable bonds is 9. The van der Waals surface area contributed by atoms with Crippen molar-refractivity contribution < 1.29 is 14.3 Å². The zero-order valence-corrected chi connectivity index (χ0v) is 24.5. The fourth-order valence-corrected chi connectivity index (χ4v) is 4.49. The Morgan fingerprint density at radius 3 is 2.11 bits per heavy atom. The van der Waals surface area contributed by atoms with Gasteiger partial charge in [0.1, 0.15) is 11.8 Å². The van der Waals surface area contributed by atoms with Crippen molar-refractivity contribution in [3.63, 3.8) is 0 Å². The third kappa shape index (κ3) is 8.39. The first-order valence-corrected chi connectivity index (χ1v) is 13.5. The number of nitrogens with one attached hydrogen (secondary N) is 1. The molecule has 3 aromatic carbocycles. The van der Waals surface area contributed by atoms with Crippen LogP contribution >= 0.6 is 34.8 Å². The quantitative estimate of drug-likeness (QED) is 0.294. The molecule has 0 aliphatic carbocycles. The second-order valence-corrected chi connectivity index (χ2v) is 11.6. The smallest absolute Gasteiger partial charge is 0.261 e. The number of halogens is 3. The van der Waals surface area contributed by atoms with Crippen molar-refractivity contribution in [2.75, 3.05) is 6.61 Å². The molecular formula is C30H33Cl3N2O3. The van der Waals surface area contributed by atoms with E-state index in [4.69, 9.17) is 39.5 Å². The van der Waals surface area contributed by atoms with Crippen LogP contribution in [0, 0.1) is 13.8 Å². The zero-order chi connectivity index (χ0) is 28.0. The third-order valence-electron chi connectivity index (χ3n) is 5.88. The molecule has 0 unspecified atom stereocenters. The zero-order valence-electron chi connectivity index (χ0n) is 22.3. The molecule has 0 heterocycles. The van der Waals surface area contributed by atoms with Crippen LogP contribution in [0.15, 0.2) is 60.7 Å². The Bertz CT molecular complexity index is 1270. The molecule has 1 atom stereocenters. The lowest BCUT2D eigenvalue weighted by atomic mass is 10.0. The minimum atomic E-state index is -0.795. The summed E-state index contributed by atoms with van der Waals surface area (Å²) in [5.74, 6) is -0.0646. The first kappa shape index (κ1) is 29.8. The van der Waals surface area contributed by atoms with E-state index in [-0.39, 0.29) is 25.0 Å². The molecule has 0 aliphatic heterocycles. The van der Waals surface area contributed by atoms with Crippen LogP contribution in [0.3, 0.4) is 0 Å². The summed E-state index contributed by atoms with van der Waals surface area (Å²) in [5, 5.41) is 4.49. The molecule has 0 bridgehead atoms. The number of benzene rings is 3. The summed E-state index contributed by atoms with van der Waals surface area (Å²) < 4.78 is 5.90. The van der Waals surface area contributed by atoms with Crippen LogP contribution in [0.4, 0.5) is 0 Å². The summed E-state index contributed by atoms with van der Waals surface area (Å²) in [6, 6.07) is 17.6. The Kier molecular flexibility index (Phi) is 10.1. The summed E-state index contributed by atoms with van der Waals surface area (Å²) in [6.45, 7) is 9.38. The molecule has 38 heavy (non-hydrogen) atoms. The van der Waals surface area contributed by atoms with Gasteiger partial charge in [-0.25, -0.2) is 0 Å². The molecule has 1 N–H and O–H groups in total. The Morgan fingerprint density at radius 1 is 0.895 bits per heavy atom. The van der Waals surface area contributed by atoms with Crippen molar-refractivity contribution in [1.29, 1.82) is 0 Å². The summed E-state index contributed by atoms with van der Waals surface area (Å²) in [6.07, 6.45) is 0.328. The lowest BCUT2D eigenvalue weighted by Crippen LogP contribution is -2.55. The van der Waals surface area contributed by atoms with E-state index in [0.717, 1.165) is 22.3 Å². The van der Waals surface area contributed by atoms with Gasteiger partial charge in [-0.05, 0) is 81.1 Å². The summed E-state index contributed by atoms with van der Waals surface area (Å²) in [5.41, 5.74) is 2.90. The van der Waals surface area contributed by atoms with E-state index >= 15 is 0 Å². The molecule has 3 rings (SSSR count). The van der Waals surface area contributed by atoms with Gasteiger partial charge in [-0.3, -0.25) is 9.59 Å². The van der Waals surface area contributed by atoms with Crippen LogP contribution in [0.25, 0.3) is 0 Å². The lowest BCUT2D eigenvalue weighted by Gasteiger charge is -2.33. The van der Waals surface area contributed by atoms with Gasteiger partial charge in [0.15, 0.2) is 6.61 Å². The summed E-state index contributed by atoms with van der Waals surface area (Å²) in [4.78, 5) is 28.9. The predicted molar refractivity (Wildman–Crippen MR) is 155 cm³/mol. The Morgan fingerprint density at radius 2 is 1.53 bits per heavy atom. The normalized spacial score (nSPS) is 12.1. The Balaban J connectivity index is 1.96. The number of nitrogens with zero attached hydrogens (tertiary/aromatic N) is 1. The number of amides is 2. The molecular weight excluding hydrogens is 543 g/mol. The van der Waals surface area contributed by atoms with Gasteiger partial charge < -0.3 is 15.0 Å². The molecule has 2 amide bonds. The maximum absolute atomic E-state index is 13.7. The number of hydrogen-bond donors (Lipinski definition) is 1. The van der Waals surface area contributed by atoms with Crippen LogP contribution < -0.4 is 10.1 Å². The molecule has 3 aromatic rings. The van der Waals surface area contributed by atoms with Crippen molar-refractivity contribution >= 4 is 46.6 Å². The molecule has 0 saturated heterocycles. The van der Waals surface area contributed by atoms with E-state index in [1.807, 2.05) is 65.0 Å². The molecule has 202 valence electrons. The molecule has 5 nitrogen and oxygen atoms in total. The fourth-order valence-electron chi connectivity index (χ4n) is 4.06. The number of aryl methyl sites for hydroxylation is 2. The van der Waals surface area contributed by atoms with E-state index in [9.17, 15) is 9.59 Å². The number of carbonyl (C=O) groups is 2. The van der Waals surface area contributed by atoms with E-state index < -0.39 is 11.6 Å². The van der Waals surface area contributed by atoms with Gasteiger partial charge >= 0.3 is 0 Å². The molecule has 8 heteroatoms. The maximum atomic E-state index is 13.7. The van der Waals surface area contributed by atoms with Gasteiger partial charge in [-0.2, -0.15) is 0 Å². The molecule has 0 aromatic heterocycles. The monoisotopic (exact) mass is 574 g/mol. The average Bonchev–Trinajstić information content (AvgIpc) is 2.84. The predicted octanol–water partition coefficient (Wildman–Crippen LogP) is 7.20. The average molecular weight is 576 g/mol. The van der Waals surface area contributed by atoms with E-state index in [1.165, 1.54) is 0 Å². The van der Waals surface area contributed by atoms with Crippen molar-refractivity contribution in [1.82, 2.24) is 10.2 Å². The maximum Gasteiger partial charge on any atom is 0.261 e. The van der Waals surface area contributed by atoms with Gasteiger partial charge in [0.25, 0.3) is 5.91 Å². The van der Waals surface area contributed by atoms with E-state index in [1.54, 1.807) is 35.2 Å². The minimum Gasteiger partial charge on any atom is -0.484 e. The van der Waals surface area contributed by atoms with Crippen LogP contribution in [-0.4, -0.2) is 34.9 Å². The van der Waals surface area contributed by atoms with E-state index in [0.29, 0.717) is 27.2 Å². The van der Waals surface area contributed by atoms with Crippen molar-refractivity contribution in [2.24, 2.45) is 0 Å². The SMILES string of the molecule is Cc1cc(OCC(=O)N(Cc2ccc(Cl)c(Cl)c2)[C@H](Cc2ccccc2)C(=O)NC(C)(C)C)cc(C)c1Cl. The van der Waals surface area contributed by atoms with E-state index in [2.05, 4.69) is 5.32 Å². The number of ether oxygens (including phenoxy) is 1. The van der Waals surface area contributed by atoms with Gasteiger partial charge in [-0.15, -0.1) is 0 Å². The van der Waals surface area contributed by atoms with Crippen LogP contribution in [0.5, 0.6) is 5.75 Å². The fraction of sp³-hybridized carbons (Fsp3) is 0.333. The standard InChI is InChI=1S/C30H33Cl3N2O3/c1-19-13-23(14-20(2)28(19)33)38-18-27(36)35(17-22-11-12-24(31)25(32)15-22)26(29(37)34-30(3,4)5)16-21-9-7-6-8-10-21/h6-15,26H,16-18H2,1-5H3,(H,34,37)/t26-/m1/s1. The highest BCUT2D eigenvalue weighted by Crippen LogP contribution is 2.27. The summed E-state index contributed by atoms with van der Waals surface area (Å²) in [7, 11) is 0. The number of hydrogen-bond acceptors (Lipinski definition) is 3. The highest BCUT2D eigenvalue weighted by molar-refractivity contribution is 6.42. The second-order valence-electron chi connectivity index (χ2n) is 10.4. The highest BCUT2D eigenvalue weighted by Gasteiger charge is 2.32. The van der Waals surface area contributed by atoms with Crippen molar-refractivity contribution in [3.05, 3.63) is 98.0 Å². The van der Waals surface area contributed by atoms with Crippen molar-refractivity contribution in [3.8, 4) is 5.75 Å². The largest absolute Gasteiger partial charge is 0.484 e. The molecule has 0 saturated carbocycles. The Hall–Kier alpha value is -2.73. The third-order valence-corrected chi connectivity index (χ3v) is 7.21. The first-order chi connectivity index (χ1) is 17.8. The van der Waals surface area contributed by atoms with Crippen LogP contribution in [-0.2, 0) is 22.6 Å². The van der Waals surface area contributed by atoms with Gasteiger partial charge in [0, 0.05) is 23.5 Å². The molecule has 0 aliphatic rings. The molecule has 0 fully saturated rings. The van der Waals surface area contributed by atoms with Gasteiger partial charge in [-0.1, -0.05) is 71.2 Å². The first-order valence-electron chi connectivity index (χ1n) is 12.3.